The molecule has 0 aromatic heterocycles. The number of halogens is 1. The number of β-amino-alcohol motifs (C(OH)–C–C–N with tert-alkyl or cyclic N) is 1. The van der Waals surface area contributed by atoms with Crippen molar-refractivity contribution in [2.45, 2.75) is 31.5 Å². The molecule has 3 N–H and O–H groups in total. The van der Waals surface area contributed by atoms with Crippen LogP contribution in [0.3, 0.4) is 0 Å². The number of likely N-dealkylation sites (N-methyl/N-ethyl adjacent to an activating group) is 1. The van der Waals surface area contributed by atoms with Crippen LogP contribution in [-0.2, 0) is 0 Å². The zero-order valence-corrected chi connectivity index (χ0v) is 14.0. The number of rotatable bonds is 4. The van der Waals surface area contributed by atoms with E-state index in [4.69, 9.17) is 5.73 Å². The van der Waals surface area contributed by atoms with Crippen molar-refractivity contribution >= 4 is 21.6 Å². The lowest BCUT2D eigenvalue weighted by molar-refractivity contribution is 0.191. The first-order valence-electron chi connectivity index (χ1n) is 7.03. The minimum Gasteiger partial charge on any atom is -0.391 e. The predicted molar refractivity (Wildman–Crippen MR) is 87.1 cm³/mol. The molecule has 5 heteroatoms. The van der Waals surface area contributed by atoms with Gasteiger partial charge in [0.2, 0.25) is 0 Å². The average molecular weight is 342 g/mol. The molecule has 0 radical (unpaired) electrons. The van der Waals surface area contributed by atoms with Crippen LogP contribution in [0.4, 0.5) is 5.69 Å². The summed E-state index contributed by atoms with van der Waals surface area (Å²) in [5.41, 5.74) is 8.17. The van der Waals surface area contributed by atoms with Gasteiger partial charge in [-0.1, -0.05) is 6.07 Å². The molecule has 0 saturated carbocycles. The lowest BCUT2D eigenvalue weighted by Crippen LogP contribution is -2.37. The van der Waals surface area contributed by atoms with Gasteiger partial charge in [-0.15, -0.1) is 0 Å². The highest BCUT2D eigenvalue weighted by Gasteiger charge is 2.32. The Bertz CT molecular complexity index is 464. The van der Waals surface area contributed by atoms with E-state index in [2.05, 4.69) is 58.0 Å². The van der Waals surface area contributed by atoms with Gasteiger partial charge in [0, 0.05) is 29.6 Å². The van der Waals surface area contributed by atoms with Gasteiger partial charge in [-0.25, -0.2) is 0 Å². The van der Waals surface area contributed by atoms with Gasteiger partial charge in [0.25, 0.3) is 0 Å². The first-order valence-corrected chi connectivity index (χ1v) is 7.82. The normalized spacial score (nSPS) is 24.4. The van der Waals surface area contributed by atoms with Crippen LogP contribution in [0.15, 0.2) is 22.7 Å². The molecule has 20 heavy (non-hydrogen) atoms. The van der Waals surface area contributed by atoms with E-state index in [9.17, 15) is 5.11 Å². The van der Waals surface area contributed by atoms with Gasteiger partial charge in [0.05, 0.1) is 11.8 Å². The van der Waals surface area contributed by atoms with Crippen LogP contribution in [0, 0.1) is 0 Å². The molecule has 0 aliphatic carbocycles. The molecular formula is C15H24BrN3O. The van der Waals surface area contributed by atoms with Gasteiger partial charge in [0.1, 0.15) is 0 Å². The standard InChI is InChI=1S/C15H24BrN3O/c1-10(17)11-4-5-15(14(16)6-11)19-9-13(20)7-12(19)8-18(2)3/h4-6,10,12-13,20H,7-9,17H2,1-3H3. The number of hydrogen-bond acceptors (Lipinski definition) is 4. The molecule has 1 aromatic rings. The van der Waals surface area contributed by atoms with Crippen LogP contribution in [0.5, 0.6) is 0 Å². The molecule has 1 saturated heterocycles. The molecule has 1 aromatic carbocycles. The monoisotopic (exact) mass is 341 g/mol. The second-order valence-corrected chi connectivity index (χ2v) is 6.81. The molecule has 0 amide bonds. The summed E-state index contributed by atoms with van der Waals surface area (Å²) < 4.78 is 1.05. The number of nitrogens with two attached hydrogens (primary N) is 1. The smallest absolute Gasteiger partial charge is 0.0735 e. The average Bonchev–Trinajstić information content (AvgIpc) is 2.68. The Hall–Kier alpha value is -0.620. The first-order chi connectivity index (χ1) is 9.38. The summed E-state index contributed by atoms with van der Waals surface area (Å²) in [6.07, 6.45) is 0.569. The first kappa shape index (κ1) is 15.8. The maximum absolute atomic E-state index is 9.98. The third kappa shape index (κ3) is 3.52. The van der Waals surface area contributed by atoms with E-state index in [0.717, 1.165) is 28.7 Å². The van der Waals surface area contributed by atoms with Gasteiger partial charge in [-0.2, -0.15) is 0 Å². The van der Waals surface area contributed by atoms with Gasteiger partial charge in [0.15, 0.2) is 0 Å². The Labute approximate surface area is 129 Å². The Balaban J connectivity index is 2.25. The van der Waals surface area contributed by atoms with Crippen LogP contribution in [0.2, 0.25) is 0 Å². The van der Waals surface area contributed by atoms with Gasteiger partial charge >= 0.3 is 0 Å². The minimum atomic E-state index is -0.250. The molecule has 112 valence electrons. The maximum Gasteiger partial charge on any atom is 0.0735 e. The Morgan fingerprint density at radius 1 is 1.50 bits per heavy atom. The van der Waals surface area contributed by atoms with Crippen molar-refractivity contribution in [2.75, 3.05) is 32.1 Å². The van der Waals surface area contributed by atoms with Gasteiger partial charge in [-0.3, -0.25) is 0 Å². The summed E-state index contributed by atoms with van der Waals surface area (Å²) in [6.45, 7) is 3.61. The molecule has 3 unspecified atom stereocenters. The van der Waals surface area contributed by atoms with E-state index < -0.39 is 0 Å². The summed E-state index contributed by atoms with van der Waals surface area (Å²) in [5.74, 6) is 0. The molecule has 0 bridgehead atoms. The van der Waals surface area contributed by atoms with Crippen molar-refractivity contribution in [2.24, 2.45) is 5.73 Å². The van der Waals surface area contributed by atoms with Crippen LogP contribution < -0.4 is 10.6 Å². The second kappa shape index (κ2) is 6.43. The molecular weight excluding hydrogens is 318 g/mol. The quantitative estimate of drug-likeness (QED) is 0.879. The maximum atomic E-state index is 9.98. The molecule has 3 atom stereocenters. The van der Waals surface area contributed by atoms with E-state index in [1.807, 2.05) is 6.92 Å². The van der Waals surface area contributed by atoms with Crippen molar-refractivity contribution in [1.82, 2.24) is 4.90 Å². The zero-order chi connectivity index (χ0) is 14.9. The zero-order valence-electron chi connectivity index (χ0n) is 12.4. The largest absolute Gasteiger partial charge is 0.391 e. The highest BCUT2D eigenvalue weighted by molar-refractivity contribution is 9.10. The molecule has 1 aliphatic heterocycles. The van der Waals surface area contributed by atoms with E-state index in [-0.39, 0.29) is 12.1 Å². The molecule has 1 aliphatic rings. The third-order valence-electron chi connectivity index (χ3n) is 3.78. The molecule has 1 heterocycles. The fraction of sp³-hybridized carbons (Fsp3) is 0.600. The van der Waals surface area contributed by atoms with Crippen molar-refractivity contribution in [3.8, 4) is 0 Å². The number of aliphatic hydroxyl groups excluding tert-OH is 1. The van der Waals surface area contributed by atoms with Crippen molar-refractivity contribution in [3.63, 3.8) is 0 Å². The highest BCUT2D eigenvalue weighted by Crippen LogP contribution is 2.34. The fourth-order valence-electron chi connectivity index (χ4n) is 2.82. The molecule has 4 nitrogen and oxygen atoms in total. The highest BCUT2D eigenvalue weighted by atomic mass is 79.9. The minimum absolute atomic E-state index is 0.0297. The van der Waals surface area contributed by atoms with Crippen molar-refractivity contribution in [1.29, 1.82) is 0 Å². The van der Waals surface area contributed by atoms with Crippen molar-refractivity contribution < 1.29 is 5.11 Å². The van der Waals surface area contributed by atoms with E-state index in [0.29, 0.717) is 12.6 Å². The van der Waals surface area contributed by atoms with Crippen LogP contribution in [-0.4, -0.2) is 49.3 Å². The van der Waals surface area contributed by atoms with E-state index in [1.54, 1.807) is 0 Å². The topological polar surface area (TPSA) is 52.7 Å². The van der Waals surface area contributed by atoms with E-state index >= 15 is 0 Å². The Kier molecular flexibility index (Phi) is 5.07. The summed E-state index contributed by atoms with van der Waals surface area (Å²) in [7, 11) is 4.13. The molecule has 2 rings (SSSR count). The summed E-state index contributed by atoms with van der Waals surface area (Å²) in [6, 6.07) is 6.63. The van der Waals surface area contributed by atoms with Crippen LogP contribution in [0.1, 0.15) is 24.9 Å². The lowest BCUT2D eigenvalue weighted by Gasteiger charge is -2.30. The number of anilines is 1. The fourth-order valence-corrected chi connectivity index (χ4v) is 3.45. The number of nitrogens with zero attached hydrogens (tertiary/aromatic N) is 2. The van der Waals surface area contributed by atoms with Crippen molar-refractivity contribution in [3.05, 3.63) is 28.2 Å². The SMILES string of the molecule is CC(N)c1ccc(N2CC(O)CC2CN(C)C)c(Br)c1. The lowest BCUT2D eigenvalue weighted by atomic mass is 10.1. The van der Waals surface area contributed by atoms with Gasteiger partial charge in [-0.05, 0) is 61.1 Å². The molecule has 0 spiro atoms. The second-order valence-electron chi connectivity index (χ2n) is 5.96. The Morgan fingerprint density at radius 2 is 2.20 bits per heavy atom. The summed E-state index contributed by atoms with van der Waals surface area (Å²) >= 11 is 3.65. The summed E-state index contributed by atoms with van der Waals surface area (Å²) in [5, 5.41) is 9.98. The number of hydrogen-bond donors (Lipinski definition) is 2. The predicted octanol–water partition coefficient (Wildman–Crippen LogP) is 1.97. The van der Waals surface area contributed by atoms with Crippen LogP contribution in [0.25, 0.3) is 0 Å². The third-order valence-corrected chi connectivity index (χ3v) is 4.41. The summed E-state index contributed by atoms with van der Waals surface area (Å²) in [4.78, 5) is 4.46. The van der Waals surface area contributed by atoms with E-state index in [1.165, 1.54) is 0 Å². The van der Waals surface area contributed by atoms with Crippen LogP contribution >= 0.6 is 15.9 Å². The Morgan fingerprint density at radius 3 is 2.75 bits per heavy atom. The molecule has 1 fully saturated rings. The number of aliphatic hydroxyl groups is 1. The number of benzene rings is 1. The van der Waals surface area contributed by atoms with Gasteiger partial charge < -0.3 is 20.6 Å².